The van der Waals surface area contributed by atoms with Crippen LogP contribution in [0.4, 0.5) is 13.2 Å². The van der Waals surface area contributed by atoms with Crippen molar-refractivity contribution in [3.8, 4) is 33.3 Å². The lowest BCUT2D eigenvalue weighted by molar-refractivity contribution is -0.142. The number of halogens is 4. The van der Waals surface area contributed by atoms with Gasteiger partial charge in [-0.1, -0.05) is 11.6 Å². The van der Waals surface area contributed by atoms with E-state index in [2.05, 4.69) is 10.1 Å². The standard InChI is InChI=1S/C19H13ClF3N3O2S/c1-27-13-4-3-10(7-14(13)28-2)11-8-16(19(21,22)23)26-18(24-11)9-12(25-26)15-5-6-17(20)29-15/h3-9H,1-2H3. The first-order valence-electron chi connectivity index (χ1n) is 8.26. The maximum absolute atomic E-state index is 13.7. The van der Waals surface area contributed by atoms with Crippen LogP contribution >= 0.6 is 22.9 Å². The highest BCUT2D eigenvalue weighted by atomic mass is 35.5. The Morgan fingerprint density at radius 2 is 1.72 bits per heavy atom. The molecule has 1 aromatic carbocycles. The van der Waals surface area contributed by atoms with E-state index >= 15 is 0 Å². The lowest BCUT2D eigenvalue weighted by Crippen LogP contribution is -2.13. The molecule has 0 spiro atoms. The van der Waals surface area contributed by atoms with Gasteiger partial charge in [0.15, 0.2) is 22.8 Å². The summed E-state index contributed by atoms with van der Waals surface area (Å²) in [6.45, 7) is 0. The van der Waals surface area contributed by atoms with E-state index in [-0.39, 0.29) is 11.3 Å². The highest BCUT2D eigenvalue weighted by Crippen LogP contribution is 2.37. The summed E-state index contributed by atoms with van der Waals surface area (Å²) in [6.07, 6.45) is -4.62. The number of methoxy groups -OCH3 is 2. The number of ether oxygens (including phenoxy) is 2. The predicted octanol–water partition coefficient (Wildman–Crippen LogP) is 5.81. The SMILES string of the molecule is COc1ccc(-c2cc(C(F)(F)F)n3nc(-c4ccc(Cl)s4)cc3n2)cc1OC. The maximum atomic E-state index is 13.7. The Kier molecular flexibility index (Phi) is 4.87. The van der Waals surface area contributed by atoms with Crippen LogP contribution in [0.2, 0.25) is 4.34 Å². The van der Waals surface area contributed by atoms with E-state index in [0.29, 0.717) is 32.0 Å². The molecule has 5 nitrogen and oxygen atoms in total. The Labute approximate surface area is 172 Å². The van der Waals surface area contributed by atoms with E-state index in [1.807, 2.05) is 0 Å². The van der Waals surface area contributed by atoms with Gasteiger partial charge in [-0.25, -0.2) is 9.50 Å². The molecule has 29 heavy (non-hydrogen) atoms. The lowest BCUT2D eigenvalue weighted by atomic mass is 10.1. The second-order valence-electron chi connectivity index (χ2n) is 6.00. The molecule has 0 amide bonds. The van der Waals surface area contributed by atoms with Crippen molar-refractivity contribution < 1.29 is 22.6 Å². The van der Waals surface area contributed by atoms with Gasteiger partial charge in [-0.2, -0.15) is 18.3 Å². The van der Waals surface area contributed by atoms with Crippen LogP contribution in [0.3, 0.4) is 0 Å². The zero-order valence-electron chi connectivity index (χ0n) is 15.1. The lowest BCUT2D eigenvalue weighted by Gasteiger charge is -2.12. The molecule has 4 rings (SSSR count). The summed E-state index contributed by atoms with van der Waals surface area (Å²) in [5, 5.41) is 4.10. The van der Waals surface area contributed by atoms with Crippen molar-refractivity contribution in [3.63, 3.8) is 0 Å². The van der Waals surface area contributed by atoms with Crippen LogP contribution in [0.15, 0.2) is 42.5 Å². The molecule has 0 saturated heterocycles. The minimum Gasteiger partial charge on any atom is -0.493 e. The third kappa shape index (κ3) is 3.63. The van der Waals surface area contributed by atoms with Crippen LogP contribution in [-0.4, -0.2) is 28.8 Å². The molecule has 10 heteroatoms. The van der Waals surface area contributed by atoms with Gasteiger partial charge in [0.05, 0.1) is 29.1 Å². The molecule has 0 radical (unpaired) electrons. The maximum Gasteiger partial charge on any atom is 0.433 e. The van der Waals surface area contributed by atoms with Crippen LogP contribution in [-0.2, 0) is 6.18 Å². The van der Waals surface area contributed by atoms with Crippen molar-refractivity contribution in [1.82, 2.24) is 14.6 Å². The molecule has 150 valence electrons. The van der Waals surface area contributed by atoms with Crippen LogP contribution in [0.5, 0.6) is 11.5 Å². The zero-order chi connectivity index (χ0) is 20.8. The third-order valence-electron chi connectivity index (χ3n) is 4.22. The number of hydrogen-bond acceptors (Lipinski definition) is 5. The number of rotatable bonds is 4. The number of hydrogen-bond donors (Lipinski definition) is 0. The van der Waals surface area contributed by atoms with Crippen molar-refractivity contribution in [2.45, 2.75) is 6.18 Å². The molecule has 3 aromatic heterocycles. The molecular formula is C19H13ClF3N3O2S. The average molecular weight is 440 g/mol. The first-order valence-corrected chi connectivity index (χ1v) is 9.45. The summed E-state index contributed by atoms with van der Waals surface area (Å²) >= 11 is 7.17. The predicted molar refractivity (Wildman–Crippen MR) is 105 cm³/mol. The molecule has 0 unspecified atom stereocenters. The summed E-state index contributed by atoms with van der Waals surface area (Å²) in [5.74, 6) is 0.859. The summed E-state index contributed by atoms with van der Waals surface area (Å²) in [6, 6.07) is 10.7. The molecule has 0 aliphatic heterocycles. The normalized spacial score (nSPS) is 11.8. The fraction of sp³-hybridized carbons (Fsp3) is 0.158. The van der Waals surface area contributed by atoms with Crippen molar-refractivity contribution in [2.24, 2.45) is 0 Å². The van der Waals surface area contributed by atoms with E-state index in [4.69, 9.17) is 21.1 Å². The Hall–Kier alpha value is -2.78. The number of thiophene rings is 1. The van der Waals surface area contributed by atoms with Gasteiger partial charge in [0.1, 0.15) is 5.69 Å². The summed E-state index contributed by atoms with van der Waals surface area (Å²) < 4.78 is 53.0. The van der Waals surface area contributed by atoms with E-state index in [1.165, 1.54) is 31.6 Å². The highest BCUT2D eigenvalue weighted by Gasteiger charge is 2.35. The number of alkyl halides is 3. The van der Waals surface area contributed by atoms with Gasteiger partial charge in [-0.15, -0.1) is 11.3 Å². The number of benzene rings is 1. The molecule has 0 fully saturated rings. The first-order chi connectivity index (χ1) is 13.8. The Morgan fingerprint density at radius 1 is 0.966 bits per heavy atom. The average Bonchev–Trinajstić information content (AvgIpc) is 3.31. The molecule has 0 N–H and O–H groups in total. The minimum atomic E-state index is -4.62. The number of nitrogens with zero attached hydrogens (tertiary/aromatic N) is 3. The van der Waals surface area contributed by atoms with Crippen LogP contribution in [0.1, 0.15) is 5.69 Å². The van der Waals surface area contributed by atoms with E-state index in [1.54, 1.807) is 30.3 Å². The van der Waals surface area contributed by atoms with Gasteiger partial charge >= 0.3 is 6.18 Å². The van der Waals surface area contributed by atoms with Gasteiger partial charge < -0.3 is 9.47 Å². The second-order valence-corrected chi connectivity index (χ2v) is 7.71. The fourth-order valence-corrected chi connectivity index (χ4v) is 3.89. The van der Waals surface area contributed by atoms with E-state index in [0.717, 1.165) is 10.6 Å². The number of fused-ring (bicyclic) bond motifs is 1. The first kappa shape index (κ1) is 19.5. The molecule has 0 saturated carbocycles. The molecule has 3 heterocycles. The molecule has 0 aliphatic rings. The second kappa shape index (κ2) is 7.23. The Balaban J connectivity index is 1.92. The van der Waals surface area contributed by atoms with Crippen molar-refractivity contribution >= 4 is 28.6 Å². The zero-order valence-corrected chi connectivity index (χ0v) is 16.7. The van der Waals surface area contributed by atoms with Crippen molar-refractivity contribution in [1.29, 1.82) is 0 Å². The minimum absolute atomic E-state index is 0.0733. The van der Waals surface area contributed by atoms with Gasteiger partial charge in [0.25, 0.3) is 0 Å². The summed E-state index contributed by atoms with van der Waals surface area (Å²) in [4.78, 5) is 5.03. The third-order valence-corrected chi connectivity index (χ3v) is 5.48. The van der Waals surface area contributed by atoms with Crippen LogP contribution in [0.25, 0.3) is 27.5 Å². The number of aromatic nitrogens is 3. The highest BCUT2D eigenvalue weighted by molar-refractivity contribution is 7.19. The van der Waals surface area contributed by atoms with Gasteiger partial charge in [-0.3, -0.25) is 0 Å². The summed E-state index contributed by atoms with van der Waals surface area (Å²) in [7, 11) is 2.93. The smallest absolute Gasteiger partial charge is 0.433 e. The Morgan fingerprint density at radius 3 is 2.34 bits per heavy atom. The Bertz CT molecular complexity index is 1200. The fourth-order valence-electron chi connectivity index (χ4n) is 2.89. The van der Waals surface area contributed by atoms with Crippen molar-refractivity contribution in [2.75, 3.05) is 14.2 Å². The largest absolute Gasteiger partial charge is 0.493 e. The monoisotopic (exact) mass is 439 g/mol. The quantitative estimate of drug-likeness (QED) is 0.402. The molecule has 0 bridgehead atoms. The molecule has 0 atom stereocenters. The molecular weight excluding hydrogens is 427 g/mol. The molecule has 0 aliphatic carbocycles. The van der Waals surface area contributed by atoms with Gasteiger partial charge in [-0.05, 0) is 36.4 Å². The molecule has 4 aromatic rings. The van der Waals surface area contributed by atoms with E-state index < -0.39 is 11.9 Å². The topological polar surface area (TPSA) is 48.7 Å². The van der Waals surface area contributed by atoms with Crippen LogP contribution in [0, 0.1) is 0 Å². The summed E-state index contributed by atoms with van der Waals surface area (Å²) in [5.41, 5.74) is 0.105. The van der Waals surface area contributed by atoms with Gasteiger partial charge in [0.2, 0.25) is 0 Å². The van der Waals surface area contributed by atoms with Gasteiger partial charge in [0, 0.05) is 11.6 Å². The van der Waals surface area contributed by atoms with Crippen molar-refractivity contribution in [3.05, 3.63) is 52.5 Å². The van der Waals surface area contributed by atoms with Crippen LogP contribution < -0.4 is 9.47 Å². The van der Waals surface area contributed by atoms with E-state index in [9.17, 15) is 13.2 Å².